The number of amides is 2. The van der Waals surface area contributed by atoms with Crippen LogP contribution in [0, 0.1) is 13.8 Å². The standard InChI is InChI=1S/C21H22N2O4S/c1-13-7-6-8-14(2)20(13)22-21(26)15(3)27-19(25)11-23-16-9-4-5-10-17(16)28-12-18(23)24/h4-10,15H,11-12H2,1-3H3,(H,22,26)/t15-/m1/s1. The Labute approximate surface area is 168 Å². The molecule has 1 heterocycles. The zero-order chi connectivity index (χ0) is 20.3. The van der Waals surface area contributed by atoms with Crippen LogP contribution in [0.2, 0.25) is 0 Å². The predicted octanol–water partition coefficient (Wildman–Crippen LogP) is 3.31. The summed E-state index contributed by atoms with van der Waals surface area (Å²) in [6.07, 6.45) is -0.976. The molecule has 1 N–H and O–H groups in total. The summed E-state index contributed by atoms with van der Waals surface area (Å²) in [6.45, 7) is 5.09. The van der Waals surface area contributed by atoms with Crippen LogP contribution in [0.1, 0.15) is 18.1 Å². The fourth-order valence-corrected chi connectivity index (χ4v) is 3.92. The number of para-hydroxylation sites is 2. The summed E-state index contributed by atoms with van der Waals surface area (Å²) < 4.78 is 5.28. The Bertz CT molecular complexity index is 908. The maximum absolute atomic E-state index is 12.4. The molecule has 2 aromatic rings. The number of benzene rings is 2. The van der Waals surface area contributed by atoms with Gasteiger partial charge in [0.2, 0.25) is 5.91 Å². The smallest absolute Gasteiger partial charge is 0.326 e. The third-order valence-corrected chi connectivity index (χ3v) is 5.55. The van der Waals surface area contributed by atoms with E-state index in [-0.39, 0.29) is 18.2 Å². The van der Waals surface area contributed by atoms with Crippen molar-refractivity contribution in [1.82, 2.24) is 0 Å². The quantitative estimate of drug-likeness (QED) is 0.782. The van der Waals surface area contributed by atoms with E-state index in [1.54, 1.807) is 6.07 Å². The van der Waals surface area contributed by atoms with Gasteiger partial charge in [-0.1, -0.05) is 30.3 Å². The maximum atomic E-state index is 12.4. The fourth-order valence-electron chi connectivity index (χ4n) is 2.98. The predicted molar refractivity (Wildman–Crippen MR) is 110 cm³/mol. The number of nitrogens with zero attached hydrogens (tertiary/aromatic N) is 1. The van der Waals surface area contributed by atoms with Gasteiger partial charge in [0.25, 0.3) is 5.91 Å². The molecule has 2 aromatic carbocycles. The van der Waals surface area contributed by atoms with Crippen LogP contribution in [0.25, 0.3) is 0 Å². The molecule has 28 heavy (non-hydrogen) atoms. The molecule has 0 saturated carbocycles. The van der Waals surface area contributed by atoms with Gasteiger partial charge in [0.1, 0.15) is 6.54 Å². The third-order valence-electron chi connectivity index (χ3n) is 4.50. The highest BCUT2D eigenvalue weighted by molar-refractivity contribution is 8.00. The van der Waals surface area contributed by atoms with E-state index in [4.69, 9.17) is 4.74 Å². The van der Waals surface area contributed by atoms with Gasteiger partial charge in [-0.25, -0.2) is 0 Å². The lowest BCUT2D eigenvalue weighted by molar-refractivity contribution is -0.152. The normalized spacial score (nSPS) is 14.2. The number of fused-ring (bicyclic) bond motifs is 1. The molecule has 0 bridgehead atoms. The molecule has 0 radical (unpaired) electrons. The van der Waals surface area contributed by atoms with Gasteiger partial charge in [-0.2, -0.15) is 0 Å². The number of ether oxygens (including phenoxy) is 1. The molecule has 3 rings (SSSR count). The van der Waals surface area contributed by atoms with Crippen LogP contribution < -0.4 is 10.2 Å². The molecule has 7 heteroatoms. The number of rotatable bonds is 5. The third kappa shape index (κ3) is 4.36. The Morgan fingerprint density at radius 3 is 2.54 bits per heavy atom. The summed E-state index contributed by atoms with van der Waals surface area (Å²) in [6, 6.07) is 13.1. The zero-order valence-corrected chi connectivity index (χ0v) is 16.8. The van der Waals surface area contributed by atoms with Gasteiger partial charge in [0.15, 0.2) is 6.10 Å². The van der Waals surface area contributed by atoms with E-state index in [1.807, 2.05) is 50.2 Å². The number of hydrogen-bond acceptors (Lipinski definition) is 5. The van der Waals surface area contributed by atoms with Crippen LogP contribution in [0.3, 0.4) is 0 Å². The SMILES string of the molecule is Cc1cccc(C)c1NC(=O)[C@@H](C)OC(=O)CN1C(=O)CSc2ccccc21. The van der Waals surface area contributed by atoms with Crippen molar-refractivity contribution in [1.29, 1.82) is 0 Å². The Morgan fingerprint density at radius 2 is 1.82 bits per heavy atom. The van der Waals surface area contributed by atoms with Gasteiger partial charge >= 0.3 is 5.97 Å². The van der Waals surface area contributed by atoms with Crippen LogP contribution in [0.5, 0.6) is 0 Å². The molecule has 0 spiro atoms. The lowest BCUT2D eigenvalue weighted by Gasteiger charge is -2.28. The van der Waals surface area contributed by atoms with E-state index in [9.17, 15) is 14.4 Å². The van der Waals surface area contributed by atoms with Crippen LogP contribution >= 0.6 is 11.8 Å². The molecule has 0 aliphatic carbocycles. The largest absolute Gasteiger partial charge is 0.451 e. The zero-order valence-electron chi connectivity index (χ0n) is 16.0. The van der Waals surface area contributed by atoms with E-state index < -0.39 is 18.0 Å². The van der Waals surface area contributed by atoms with Crippen LogP contribution in [0.4, 0.5) is 11.4 Å². The monoisotopic (exact) mass is 398 g/mol. The number of aryl methyl sites for hydroxylation is 2. The Morgan fingerprint density at radius 1 is 1.14 bits per heavy atom. The number of esters is 1. The number of anilines is 2. The molecular weight excluding hydrogens is 376 g/mol. The van der Waals surface area contributed by atoms with Crippen molar-refractivity contribution < 1.29 is 19.1 Å². The second kappa shape index (κ2) is 8.48. The first-order valence-electron chi connectivity index (χ1n) is 8.95. The first-order valence-corrected chi connectivity index (χ1v) is 9.94. The molecule has 1 aliphatic rings. The summed E-state index contributed by atoms with van der Waals surface area (Å²) in [5.41, 5.74) is 3.26. The molecule has 0 unspecified atom stereocenters. The molecule has 0 saturated heterocycles. The number of thioether (sulfide) groups is 1. The van der Waals surface area contributed by atoms with Crippen molar-refractivity contribution in [3.63, 3.8) is 0 Å². The average Bonchev–Trinajstić information content (AvgIpc) is 2.67. The second-order valence-electron chi connectivity index (χ2n) is 6.62. The summed E-state index contributed by atoms with van der Waals surface area (Å²) in [4.78, 5) is 39.4. The highest BCUT2D eigenvalue weighted by Gasteiger charge is 2.28. The molecule has 1 atom stereocenters. The Balaban J connectivity index is 1.63. The average molecular weight is 398 g/mol. The highest BCUT2D eigenvalue weighted by atomic mass is 32.2. The van der Waals surface area contributed by atoms with Gasteiger partial charge < -0.3 is 10.1 Å². The molecule has 1 aliphatic heterocycles. The van der Waals surface area contributed by atoms with E-state index in [0.29, 0.717) is 11.4 Å². The van der Waals surface area contributed by atoms with Gasteiger partial charge in [-0.3, -0.25) is 19.3 Å². The minimum atomic E-state index is -0.976. The topological polar surface area (TPSA) is 75.7 Å². The van der Waals surface area contributed by atoms with E-state index >= 15 is 0 Å². The van der Waals surface area contributed by atoms with Crippen molar-refractivity contribution >= 4 is 40.9 Å². The number of carbonyl (C=O) groups is 3. The van der Waals surface area contributed by atoms with Gasteiger partial charge in [-0.05, 0) is 44.0 Å². The van der Waals surface area contributed by atoms with Crippen LogP contribution in [-0.2, 0) is 19.1 Å². The minimum Gasteiger partial charge on any atom is -0.451 e. The summed E-state index contributed by atoms with van der Waals surface area (Å²) in [5, 5.41) is 2.81. The molecule has 0 fully saturated rings. The van der Waals surface area contributed by atoms with Crippen molar-refractivity contribution in [3.05, 3.63) is 53.6 Å². The molecule has 146 valence electrons. The maximum Gasteiger partial charge on any atom is 0.326 e. The van der Waals surface area contributed by atoms with E-state index in [0.717, 1.165) is 16.0 Å². The number of nitrogens with one attached hydrogen (secondary N) is 1. The van der Waals surface area contributed by atoms with Gasteiger partial charge in [0, 0.05) is 10.6 Å². The minimum absolute atomic E-state index is 0.159. The number of carbonyl (C=O) groups excluding carboxylic acids is 3. The van der Waals surface area contributed by atoms with Crippen molar-refractivity contribution in [2.45, 2.75) is 31.8 Å². The second-order valence-corrected chi connectivity index (χ2v) is 7.64. The van der Waals surface area contributed by atoms with Crippen LogP contribution in [-0.4, -0.2) is 36.2 Å². The lowest BCUT2D eigenvalue weighted by atomic mass is 10.1. The van der Waals surface area contributed by atoms with Gasteiger partial charge in [0.05, 0.1) is 11.4 Å². The Kier molecular flexibility index (Phi) is 6.04. The van der Waals surface area contributed by atoms with E-state index in [2.05, 4.69) is 5.32 Å². The lowest BCUT2D eigenvalue weighted by Crippen LogP contribution is -2.41. The summed E-state index contributed by atoms with van der Waals surface area (Å²) in [7, 11) is 0. The van der Waals surface area contributed by atoms with E-state index in [1.165, 1.54) is 23.6 Å². The van der Waals surface area contributed by atoms with Crippen molar-refractivity contribution in [2.24, 2.45) is 0 Å². The van der Waals surface area contributed by atoms with Gasteiger partial charge in [-0.15, -0.1) is 11.8 Å². The highest BCUT2D eigenvalue weighted by Crippen LogP contribution is 2.34. The summed E-state index contributed by atoms with van der Waals surface area (Å²) >= 11 is 1.44. The molecule has 2 amide bonds. The first-order chi connectivity index (χ1) is 13.4. The van der Waals surface area contributed by atoms with Crippen molar-refractivity contribution in [2.75, 3.05) is 22.5 Å². The molecule has 0 aromatic heterocycles. The van der Waals surface area contributed by atoms with Crippen LogP contribution in [0.15, 0.2) is 47.4 Å². The Hall–Kier alpha value is -2.80. The van der Waals surface area contributed by atoms with Crippen molar-refractivity contribution in [3.8, 4) is 0 Å². The number of hydrogen-bond donors (Lipinski definition) is 1. The fraction of sp³-hybridized carbons (Fsp3) is 0.286. The first kappa shape index (κ1) is 19.9. The molecular formula is C21H22N2O4S. The summed E-state index contributed by atoms with van der Waals surface area (Å²) in [5.74, 6) is -0.924. The molecule has 6 nitrogen and oxygen atoms in total.